The Morgan fingerprint density at radius 2 is 1.74 bits per heavy atom. The van der Waals surface area contributed by atoms with E-state index in [0.717, 1.165) is 5.56 Å². The fourth-order valence-electron chi connectivity index (χ4n) is 2.22. The van der Waals surface area contributed by atoms with Crippen molar-refractivity contribution in [2.75, 3.05) is 34.9 Å². The number of likely N-dealkylation sites (N-methyl/N-ethyl adjacent to an activating group) is 1. The van der Waals surface area contributed by atoms with Crippen molar-refractivity contribution in [3.8, 4) is 17.2 Å². The first-order chi connectivity index (χ1) is 9.12. The second-order valence-electron chi connectivity index (χ2n) is 4.27. The summed E-state index contributed by atoms with van der Waals surface area (Å²) >= 11 is 0. The summed E-state index contributed by atoms with van der Waals surface area (Å²) in [5, 5.41) is 0. The third-order valence-electron chi connectivity index (χ3n) is 3.34. The number of benzene rings is 1. The van der Waals surface area contributed by atoms with E-state index in [-0.39, 0.29) is 6.04 Å². The zero-order valence-electron chi connectivity index (χ0n) is 11.6. The van der Waals surface area contributed by atoms with E-state index in [0.29, 0.717) is 29.8 Å². The Hall–Kier alpha value is -2.11. The van der Waals surface area contributed by atoms with Crippen LogP contribution >= 0.6 is 0 Å². The van der Waals surface area contributed by atoms with Gasteiger partial charge < -0.3 is 24.8 Å². The molecule has 104 valence electrons. The molecule has 1 aromatic rings. The average molecular weight is 265 g/mol. The Balaban J connectivity index is 2.49. The summed E-state index contributed by atoms with van der Waals surface area (Å²) in [5.41, 5.74) is 6.74. The molecule has 0 amide bonds. The fourth-order valence-corrected chi connectivity index (χ4v) is 2.22. The van der Waals surface area contributed by atoms with Crippen molar-refractivity contribution in [3.63, 3.8) is 0 Å². The van der Waals surface area contributed by atoms with Gasteiger partial charge in [0.05, 0.1) is 39.5 Å². The number of aliphatic imine (C=N–C) groups is 1. The van der Waals surface area contributed by atoms with E-state index in [4.69, 9.17) is 19.9 Å². The monoisotopic (exact) mass is 265 g/mol. The first kappa shape index (κ1) is 13.3. The molecule has 0 saturated heterocycles. The van der Waals surface area contributed by atoms with Crippen LogP contribution in [-0.2, 0) is 0 Å². The molecule has 2 N–H and O–H groups in total. The van der Waals surface area contributed by atoms with Gasteiger partial charge in [0.2, 0.25) is 0 Å². The highest BCUT2D eigenvalue weighted by Crippen LogP contribution is 2.41. The van der Waals surface area contributed by atoms with E-state index >= 15 is 0 Å². The molecule has 0 bridgehead atoms. The van der Waals surface area contributed by atoms with Crippen LogP contribution in [0.5, 0.6) is 17.2 Å². The maximum absolute atomic E-state index is 5.81. The topological polar surface area (TPSA) is 69.3 Å². The van der Waals surface area contributed by atoms with E-state index in [1.807, 2.05) is 24.1 Å². The van der Waals surface area contributed by atoms with E-state index < -0.39 is 0 Å². The third-order valence-corrected chi connectivity index (χ3v) is 3.34. The highest BCUT2D eigenvalue weighted by molar-refractivity contribution is 5.80. The molecule has 6 nitrogen and oxygen atoms in total. The third kappa shape index (κ3) is 2.25. The lowest BCUT2D eigenvalue weighted by molar-refractivity contribution is 0.337. The van der Waals surface area contributed by atoms with Gasteiger partial charge in [-0.3, -0.25) is 4.99 Å². The smallest absolute Gasteiger partial charge is 0.191 e. The number of hydrogen-bond donors (Lipinski definition) is 1. The molecule has 1 aliphatic heterocycles. The van der Waals surface area contributed by atoms with E-state index in [1.54, 1.807) is 21.3 Å². The summed E-state index contributed by atoms with van der Waals surface area (Å²) in [6.07, 6.45) is 0. The van der Waals surface area contributed by atoms with Crippen LogP contribution < -0.4 is 19.9 Å². The average Bonchev–Trinajstić information content (AvgIpc) is 2.77. The first-order valence-electron chi connectivity index (χ1n) is 5.95. The molecule has 0 aromatic heterocycles. The van der Waals surface area contributed by atoms with Gasteiger partial charge in [-0.25, -0.2) is 0 Å². The number of ether oxygens (including phenoxy) is 3. The maximum Gasteiger partial charge on any atom is 0.191 e. The minimum atomic E-state index is 0.0100. The Kier molecular flexibility index (Phi) is 3.69. The lowest BCUT2D eigenvalue weighted by Crippen LogP contribution is -2.32. The number of guanidine groups is 1. The van der Waals surface area contributed by atoms with E-state index in [2.05, 4.69) is 4.99 Å². The molecule has 2 rings (SSSR count). The van der Waals surface area contributed by atoms with Crippen molar-refractivity contribution in [2.45, 2.75) is 6.04 Å². The van der Waals surface area contributed by atoms with Gasteiger partial charge in [-0.2, -0.15) is 0 Å². The van der Waals surface area contributed by atoms with Gasteiger partial charge in [-0.15, -0.1) is 0 Å². The summed E-state index contributed by atoms with van der Waals surface area (Å²) in [5.74, 6) is 2.62. The molecular formula is C13H19N3O3. The highest BCUT2D eigenvalue weighted by atomic mass is 16.5. The van der Waals surface area contributed by atoms with Gasteiger partial charge >= 0.3 is 0 Å². The first-order valence-corrected chi connectivity index (χ1v) is 5.95. The van der Waals surface area contributed by atoms with Gasteiger partial charge in [0, 0.05) is 19.2 Å². The van der Waals surface area contributed by atoms with Crippen LogP contribution in [0.3, 0.4) is 0 Å². The number of nitrogens with zero attached hydrogens (tertiary/aromatic N) is 2. The summed E-state index contributed by atoms with van der Waals surface area (Å²) in [6.45, 7) is 0.585. The standard InChI is InChI=1S/C13H19N3O3/c1-16-9(7-15-13(16)14)12-10(18-3)5-8(17-2)6-11(12)19-4/h5-6,9H,7H2,1-4H3,(H2,14,15). The molecular weight excluding hydrogens is 246 g/mol. The number of rotatable bonds is 4. The lowest BCUT2D eigenvalue weighted by atomic mass is 10.0. The van der Waals surface area contributed by atoms with E-state index in [9.17, 15) is 0 Å². The van der Waals surface area contributed by atoms with Crippen LogP contribution in [-0.4, -0.2) is 45.8 Å². The van der Waals surface area contributed by atoms with Gasteiger partial charge in [0.1, 0.15) is 17.2 Å². The minimum absolute atomic E-state index is 0.0100. The molecule has 0 spiro atoms. The van der Waals surface area contributed by atoms with Crippen molar-refractivity contribution in [1.82, 2.24) is 4.90 Å². The van der Waals surface area contributed by atoms with Crippen LogP contribution in [0.2, 0.25) is 0 Å². The molecule has 6 heteroatoms. The normalized spacial score (nSPS) is 18.2. The predicted molar refractivity (Wildman–Crippen MR) is 73.1 cm³/mol. The zero-order chi connectivity index (χ0) is 14.0. The molecule has 1 aliphatic rings. The quantitative estimate of drug-likeness (QED) is 0.880. The predicted octanol–water partition coefficient (Wildman–Crippen LogP) is 1.01. The van der Waals surface area contributed by atoms with Crippen molar-refractivity contribution < 1.29 is 14.2 Å². The molecule has 1 heterocycles. The number of nitrogens with two attached hydrogens (primary N) is 1. The largest absolute Gasteiger partial charge is 0.496 e. The van der Waals surface area contributed by atoms with Crippen molar-refractivity contribution in [3.05, 3.63) is 17.7 Å². The van der Waals surface area contributed by atoms with Crippen molar-refractivity contribution >= 4 is 5.96 Å². The van der Waals surface area contributed by atoms with Crippen LogP contribution in [0.25, 0.3) is 0 Å². The molecule has 1 aromatic carbocycles. The molecule has 0 saturated carbocycles. The summed E-state index contributed by atoms with van der Waals surface area (Å²) < 4.78 is 16.1. The van der Waals surface area contributed by atoms with Gasteiger partial charge in [0.15, 0.2) is 5.96 Å². The molecule has 1 unspecified atom stereocenters. The van der Waals surface area contributed by atoms with Crippen LogP contribution in [0.15, 0.2) is 17.1 Å². The molecule has 0 radical (unpaired) electrons. The van der Waals surface area contributed by atoms with Crippen LogP contribution in [0.4, 0.5) is 0 Å². The van der Waals surface area contributed by atoms with Crippen LogP contribution in [0.1, 0.15) is 11.6 Å². The molecule has 0 fully saturated rings. The Bertz CT molecular complexity index is 477. The SMILES string of the molecule is COc1cc(OC)c(C2CN=C(N)N2C)c(OC)c1. The fraction of sp³-hybridized carbons (Fsp3) is 0.462. The minimum Gasteiger partial charge on any atom is -0.496 e. The maximum atomic E-state index is 5.81. The Morgan fingerprint density at radius 3 is 2.11 bits per heavy atom. The Morgan fingerprint density at radius 1 is 1.16 bits per heavy atom. The zero-order valence-corrected chi connectivity index (χ0v) is 11.6. The van der Waals surface area contributed by atoms with Crippen LogP contribution in [0, 0.1) is 0 Å². The summed E-state index contributed by atoms with van der Waals surface area (Å²) in [7, 11) is 6.75. The second kappa shape index (κ2) is 5.26. The van der Waals surface area contributed by atoms with Gasteiger partial charge in [0.25, 0.3) is 0 Å². The Labute approximate surface area is 112 Å². The van der Waals surface area contributed by atoms with Crippen molar-refractivity contribution in [2.24, 2.45) is 10.7 Å². The molecule has 19 heavy (non-hydrogen) atoms. The number of hydrogen-bond acceptors (Lipinski definition) is 6. The van der Waals surface area contributed by atoms with Crippen molar-refractivity contribution in [1.29, 1.82) is 0 Å². The van der Waals surface area contributed by atoms with Gasteiger partial charge in [-0.05, 0) is 0 Å². The summed E-state index contributed by atoms with van der Waals surface area (Å²) in [6, 6.07) is 3.68. The van der Waals surface area contributed by atoms with Gasteiger partial charge in [-0.1, -0.05) is 0 Å². The summed E-state index contributed by atoms with van der Waals surface area (Å²) in [4.78, 5) is 6.16. The molecule has 0 aliphatic carbocycles. The lowest BCUT2D eigenvalue weighted by Gasteiger charge is -2.25. The highest BCUT2D eigenvalue weighted by Gasteiger charge is 2.30. The molecule has 1 atom stereocenters. The second-order valence-corrected chi connectivity index (χ2v) is 4.27. The van der Waals surface area contributed by atoms with E-state index in [1.165, 1.54) is 0 Å². The number of methoxy groups -OCH3 is 3.